The summed E-state index contributed by atoms with van der Waals surface area (Å²) < 4.78 is 28.4. The number of sulfonamides is 1. The van der Waals surface area contributed by atoms with Crippen LogP contribution in [-0.4, -0.2) is 53.9 Å². The van der Waals surface area contributed by atoms with Gasteiger partial charge in [-0.15, -0.1) is 0 Å². The van der Waals surface area contributed by atoms with E-state index >= 15 is 0 Å². The zero-order valence-corrected chi connectivity index (χ0v) is 17.1. The molecule has 0 radical (unpaired) electrons. The van der Waals surface area contributed by atoms with Gasteiger partial charge in [-0.25, -0.2) is 17.7 Å². The summed E-state index contributed by atoms with van der Waals surface area (Å²) in [5, 5.41) is 0. The van der Waals surface area contributed by atoms with Crippen molar-refractivity contribution in [2.45, 2.75) is 63.6 Å². The van der Waals surface area contributed by atoms with Gasteiger partial charge in [0, 0.05) is 26.7 Å². The Labute approximate surface area is 156 Å². The number of nitrogens with zero attached hydrogens (tertiary/aromatic N) is 4. The molecule has 2 aromatic rings. The lowest BCUT2D eigenvalue weighted by molar-refractivity contribution is 0.147. The third-order valence-corrected chi connectivity index (χ3v) is 7.12. The highest BCUT2D eigenvalue weighted by atomic mass is 32.2. The molecule has 7 heteroatoms. The van der Waals surface area contributed by atoms with E-state index < -0.39 is 10.0 Å². The van der Waals surface area contributed by atoms with E-state index in [0.29, 0.717) is 10.9 Å². The molecule has 1 atom stereocenters. The van der Waals surface area contributed by atoms with E-state index in [2.05, 4.69) is 23.3 Å². The van der Waals surface area contributed by atoms with Gasteiger partial charge in [-0.1, -0.05) is 13.3 Å². The Kier molecular flexibility index (Phi) is 5.69. The van der Waals surface area contributed by atoms with Crippen LogP contribution in [0.4, 0.5) is 0 Å². The number of rotatable bonds is 6. The van der Waals surface area contributed by atoms with E-state index in [4.69, 9.17) is 4.98 Å². The first-order chi connectivity index (χ1) is 12.3. The lowest BCUT2D eigenvalue weighted by Crippen LogP contribution is -2.37. The van der Waals surface area contributed by atoms with Crippen LogP contribution in [0.25, 0.3) is 11.0 Å². The molecule has 0 unspecified atom stereocenters. The van der Waals surface area contributed by atoms with Crippen molar-refractivity contribution in [3.63, 3.8) is 0 Å². The Morgan fingerprint density at radius 1 is 1.27 bits per heavy atom. The van der Waals surface area contributed by atoms with Crippen molar-refractivity contribution in [3.05, 3.63) is 24.0 Å². The van der Waals surface area contributed by atoms with Gasteiger partial charge in [0.1, 0.15) is 5.82 Å². The van der Waals surface area contributed by atoms with Crippen LogP contribution in [-0.2, 0) is 23.1 Å². The molecule has 26 heavy (non-hydrogen) atoms. The summed E-state index contributed by atoms with van der Waals surface area (Å²) in [5.41, 5.74) is 1.78. The van der Waals surface area contributed by atoms with E-state index in [9.17, 15) is 8.42 Å². The van der Waals surface area contributed by atoms with Crippen LogP contribution < -0.4 is 0 Å². The van der Waals surface area contributed by atoms with Crippen molar-refractivity contribution in [1.82, 2.24) is 18.8 Å². The van der Waals surface area contributed by atoms with Crippen molar-refractivity contribution < 1.29 is 8.42 Å². The Bertz CT molecular complexity index is 873. The van der Waals surface area contributed by atoms with Crippen molar-refractivity contribution in [3.8, 4) is 0 Å². The molecule has 1 saturated heterocycles. The lowest BCUT2D eigenvalue weighted by Gasteiger charge is -2.33. The summed E-state index contributed by atoms with van der Waals surface area (Å²) in [4.78, 5) is 7.63. The van der Waals surface area contributed by atoms with Crippen LogP contribution in [0.2, 0.25) is 0 Å². The molecular formula is C19H30N4O2S. The molecule has 0 aliphatic carbocycles. The van der Waals surface area contributed by atoms with E-state index in [1.165, 1.54) is 23.6 Å². The molecule has 144 valence electrons. The van der Waals surface area contributed by atoms with Gasteiger partial charge >= 0.3 is 0 Å². The highest BCUT2D eigenvalue weighted by Gasteiger charge is 2.23. The van der Waals surface area contributed by atoms with E-state index in [1.54, 1.807) is 26.2 Å². The number of piperidine rings is 1. The van der Waals surface area contributed by atoms with Crippen LogP contribution in [0.1, 0.15) is 45.4 Å². The molecule has 1 fully saturated rings. The number of aryl methyl sites for hydroxylation is 1. The fourth-order valence-electron chi connectivity index (χ4n) is 3.70. The van der Waals surface area contributed by atoms with Gasteiger partial charge in [0.25, 0.3) is 0 Å². The molecule has 0 bridgehead atoms. The smallest absolute Gasteiger partial charge is 0.242 e. The van der Waals surface area contributed by atoms with Gasteiger partial charge in [0.15, 0.2) is 0 Å². The largest absolute Gasteiger partial charge is 0.327 e. The maximum Gasteiger partial charge on any atom is 0.242 e. The van der Waals surface area contributed by atoms with Crippen molar-refractivity contribution in [2.24, 2.45) is 0 Å². The summed E-state index contributed by atoms with van der Waals surface area (Å²) in [6.07, 6.45) is 4.80. The molecule has 0 N–H and O–H groups in total. The standard InChI is InChI=1S/C19H30N4O2S/c1-5-11-23-18-10-9-16(26(24,25)21(3)4)13-17(18)20-19(23)14-22-12-7-6-8-15(22)2/h9-10,13,15H,5-8,11-12,14H2,1-4H3/t15-/m1/s1. The third kappa shape index (κ3) is 3.66. The van der Waals surface area contributed by atoms with Crippen LogP contribution in [0.3, 0.4) is 0 Å². The minimum atomic E-state index is -3.45. The Morgan fingerprint density at radius 3 is 2.69 bits per heavy atom. The number of aromatic nitrogens is 2. The molecule has 1 aromatic carbocycles. The quantitative estimate of drug-likeness (QED) is 0.775. The second kappa shape index (κ2) is 7.66. The Morgan fingerprint density at radius 2 is 2.04 bits per heavy atom. The second-order valence-corrected chi connectivity index (χ2v) is 9.58. The summed E-state index contributed by atoms with van der Waals surface area (Å²) in [6.45, 7) is 7.27. The van der Waals surface area contributed by atoms with Gasteiger partial charge in [-0.05, 0) is 50.9 Å². The van der Waals surface area contributed by atoms with Crippen LogP contribution in [0, 0.1) is 0 Å². The fourth-order valence-corrected chi connectivity index (χ4v) is 4.62. The maximum absolute atomic E-state index is 12.4. The molecule has 3 rings (SSSR count). The van der Waals surface area contributed by atoms with Gasteiger partial charge in [-0.2, -0.15) is 0 Å². The first-order valence-corrected chi connectivity index (χ1v) is 10.9. The first kappa shape index (κ1) is 19.3. The maximum atomic E-state index is 12.4. The Hall–Kier alpha value is -1.44. The van der Waals surface area contributed by atoms with Crippen LogP contribution in [0.5, 0.6) is 0 Å². The number of fused-ring (bicyclic) bond motifs is 1. The molecule has 0 saturated carbocycles. The van der Waals surface area contributed by atoms with Crippen LogP contribution in [0.15, 0.2) is 23.1 Å². The van der Waals surface area contributed by atoms with Gasteiger partial charge < -0.3 is 4.57 Å². The third-order valence-electron chi connectivity index (χ3n) is 5.31. The van der Waals surface area contributed by atoms with Crippen LogP contribution >= 0.6 is 0 Å². The average Bonchev–Trinajstić information content (AvgIpc) is 2.94. The molecule has 1 aliphatic heterocycles. The molecule has 6 nitrogen and oxygen atoms in total. The van der Waals surface area contributed by atoms with Crippen molar-refractivity contribution in [1.29, 1.82) is 0 Å². The molecule has 1 aliphatic rings. The monoisotopic (exact) mass is 378 g/mol. The fraction of sp³-hybridized carbons (Fsp3) is 0.632. The SMILES string of the molecule is CCCn1c(CN2CCCC[C@H]2C)nc2cc(S(=O)(=O)N(C)C)ccc21. The highest BCUT2D eigenvalue weighted by Crippen LogP contribution is 2.25. The normalized spacial score (nSPS) is 19.5. The van der Waals surface area contributed by atoms with Crippen molar-refractivity contribution >= 4 is 21.1 Å². The summed E-state index contributed by atoms with van der Waals surface area (Å²) in [6, 6.07) is 5.87. The molecule has 2 heterocycles. The van der Waals surface area contributed by atoms with Gasteiger partial charge in [0.2, 0.25) is 10.0 Å². The Balaban J connectivity index is 2.01. The predicted octanol–water partition coefficient (Wildman–Crippen LogP) is 3.07. The van der Waals surface area contributed by atoms with Gasteiger partial charge in [-0.3, -0.25) is 4.90 Å². The number of likely N-dealkylation sites (tertiary alicyclic amines) is 1. The van der Waals surface area contributed by atoms with E-state index in [-0.39, 0.29) is 0 Å². The van der Waals surface area contributed by atoms with Crippen molar-refractivity contribution in [2.75, 3.05) is 20.6 Å². The zero-order valence-electron chi connectivity index (χ0n) is 16.3. The number of hydrogen-bond acceptors (Lipinski definition) is 4. The zero-order chi connectivity index (χ0) is 18.9. The highest BCUT2D eigenvalue weighted by molar-refractivity contribution is 7.89. The topological polar surface area (TPSA) is 58.4 Å². The molecule has 0 amide bonds. The number of hydrogen-bond donors (Lipinski definition) is 0. The number of imidazole rings is 1. The first-order valence-electron chi connectivity index (χ1n) is 9.50. The minimum absolute atomic E-state index is 0.300. The predicted molar refractivity (Wildman–Crippen MR) is 105 cm³/mol. The summed E-state index contributed by atoms with van der Waals surface area (Å²) in [5.74, 6) is 1.04. The average molecular weight is 379 g/mol. The summed E-state index contributed by atoms with van der Waals surface area (Å²) in [7, 11) is -0.339. The number of benzene rings is 1. The van der Waals surface area contributed by atoms with E-state index in [0.717, 1.165) is 42.9 Å². The molecular weight excluding hydrogens is 348 g/mol. The summed E-state index contributed by atoms with van der Waals surface area (Å²) >= 11 is 0. The molecule has 1 aromatic heterocycles. The second-order valence-electron chi connectivity index (χ2n) is 7.43. The molecule has 0 spiro atoms. The van der Waals surface area contributed by atoms with E-state index in [1.807, 2.05) is 6.07 Å². The minimum Gasteiger partial charge on any atom is -0.327 e. The van der Waals surface area contributed by atoms with Gasteiger partial charge in [0.05, 0.1) is 22.5 Å². The lowest BCUT2D eigenvalue weighted by atomic mass is 10.0.